The van der Waals surface area contributed by atoms with Crippen LogP contribution in [0.2, 0.25) is 0 Å². The predicted molar refractivity (Wildman–Crippen MR) is 96.4 cm³/mol. The van der Waals surface area contributed by atoms with Crippen molar-refractivity contribution in [1.82, 2.24) is 0 Å². The molecule has 0 amide bonds. The number of benzene rings is 1. The van der Waals surface area contributed by atoms with Crippen LogP contribution in [0.5, 0.6) is 5.75 Å². The third-order valence-electron chi connectivity index (χ3n) is 4.16. The highest BCUT2D eigenvalue weighted by Gasteiger charge is 2.20. The fourth-order valence-corrected chi connectivity index (χ4v) is 5.17. The van der Waals surface area contributed by atoms with E-state index in [1.54, 1.807) is 17.6 Å². The van der Waals surface area contributed by atoms with Gasteiger partial charge in [0.1, 0.15) is 16.8 Å². The van der Waals surface area contributed by atoms with Crippen molar-refractivity contribution < 1.29 is 5.11 Å². The van der Waals surface area contributed by atoms with Crippen LogP contribution in [0.1, 0.15) is 33.7 Å². The third kappa shape index (κ3) is 2.44. The van der Waals surface area contributed by atoms with Crippen molar-refractivity contribution in [2.75, 3.05) is 0 Å². The Morgan fingerprint density at radius 3 is 2.83 bits per heavy atom. The number of nitriles is 1. The molecule has 1 aliphatic carbocycles. The Bertz CT molecular complexity index is 959. The highest BCUT2D eigenvalue weighted by molar-refractivity contribution is 7.21. The zero-order chi connectivity index (χ0) is 15.8. The van der Waals surface area contributed by atoms with Crippen LogP contribution in [0.4, 0.5) is 5.00 Å². The number of thiophene rings is 2. The molecule has 1 aromatic carbocycles. The van der Waals surface area contributed by atoms with Gasteiger partial charge in [-0.2, -0.15) is 5.26 Å². The standard InChI is InChI=1S/C18H14N2OS2/c19-9-13-11-5-1-3-7-14(11)23-18(13)20-10-16-17(21)12-6-2-4-8-15(12)22-16/h2,4,6,8,10,21H,1,3,5,7H2. The molecule has 0 saturated carbocycles. The molecule has 3 nitrogen and oxygen atoms in total. The minimum absolute atomic E-state index is 0.272. The number of aromatic hydroxyl groups is 1. The molecule has 1 aliphatic rings. The van der Waals surface area contributed by atoms with Crippen LogP contribution in [0, 0.1) is 11.3 Å². The fraction of sp³-hybridized carbons (Fsp3) is 0.222. The Morgan fingerprint density at radius 2 is 2.00 bits per heavy atom. The van der Waals surface area contributed by atoms with Gasteiger partial charge >= 0.3 is 0 Å². The molecule has 114 valence electrons. The molecule has 0 bridgehead atoms. The van der Waals surface area contributed by atoms with Gasteiger partial charge in [0.2, 0.25) is 0 Å². The topological polar surface area (TPSA) is 56.4 Å². The number of rotatable bonds is 2. The fourth-order valence-electron chi connectivity index (χ4n) is 3.01. The van der Waals surface area contributed by atoms with Gasteiger partial charge in [0.15, 0.2) is 0 Å². The van der Waals surface area contributed by atoms with Gasteiger partial charge in [-0.25, -0.2) is 4.99 Å². The summed E-state index contributed by atoms with van der Waals surface area (Å²) in [5.41, 5.74) is 1.91. The third-order valence-corrected chi connectivity index (χ3v) is 6.45. The van der Waals surface area contributed by atoms with Gasteiger partial charge in [0.25, 0.3) is 0 Å². The Kier molecular flexibility index (Phi) is 3.64. The monoisotopic (exact) mass is 338 g/mol. The highest BCUT2D eigenvalue weighted by atomic mass is 32.1. The molecular weight excluding hydrogens is 324 g/mol. The maximum absolute atomic E-state index is 10.3. The summed E-state index contributed by atoms with van der Waals surface area (Å²) in [6.07, 6.45) is 6.08. The van der Waals surface area contributed by atoms with Crippen LogP contribution in [-0.2, 0) is 12.8 Å². The molecule has 23 heavy (non-hydrogen) atoms. The summed E-state index contributed by atoms with van der Waals surface area (Å²) in [7, 11) is 0. The molecule has 0 fully saturated rings. The number of hydrogen-bond acceptors (Lipinski definition) is 5. The van der Waals surface area contributed by atoms with Crippen LogP contribution in [0.3, 0.4) is 0 Å². The minimum Gasteiger partial charge on any atom is -0.506 e. The van der Waals surface area contributed by atoms with Crippen molar-refractivity contribution in [3.8, 4) is 11.8 Å². The van der Waals surface area contributed by atoms with E-state index in [-0.39, 0.29) is 5.75 Å². The number of nitrogens with zero attached hydrogens (tertiary/aromatic N) is 2. The van der Waals surface area contributed by atoms with Crippen LogP contribution < -0.4 is 0 Å². The SMILES string of the molecule is N#Cc1c(N=Cc2sc3ccccc3c2O)sc2c1CCCC2. The van der Waals surface area contributed by atoms with Crippen LogP contribution in [0.25, 0.3) is 10.1 Å². The summed E-state index contributed by atoms with van der Waals surface area (Å²) in [4.78, 5) is 6.57. The number of aliphatic imine (C=N–C) groups is 1. The first kappa shape index (κ1) is 14.4. The molecule has 0 unspecified atom stereocenters. The summed E-state index contributed by atoms with van der Waals surface area (Å²) in [6.45, 7) is 0. The van der Waals surface area contributed by atoms with E-state index in [9.17, 15) is 10.4 Å². The summed E-state index contributed by atoms with van der Waals surface area (Å²) < 4.78 is 1.04. The summed E-state index contributed by atoms with van der Waals surface area (Å²) in [5, 5.41) is 21.4. The first-order valence-corrected chi connectivity index (χ1v) is 9.20. The van der Waals surface area contributed by atoms with Crippen molar-refractivity contribution in [2.45, 2.75) is 25.7 Å². The van der Waals surface area contributed by atoms with E-state index in [1.165, 1.54) is 28.2 Å². The first-order valence-electron chi connectivity index (χ1n) is 7.57. The van der Waals surface area contributed by atoms with Gasteiger partial charge in [0, 0.05) is 21.2 Å². The molecular formula is C18H14N2OS2. The largest absolute Gasteiger partial charge is 0.506 e. The molecule has 2 aromatic heterocycles. The number of aryl methyl sites for hydroxylation is 1. The first-order chi connectivity index (χ1) is 11.3. The van der Waals surface area contributed by atoms with Gasteiger partial charge < -0.3 is 5.11 Å². The zero-order valence-corrected chi connectivity index (χ0v) is 14.0. The zero-order valence-electron chi connectivity index (χ0n) is 12.4. The van der Waals surface area contributed by atoms with Crippen LogP contribution >= 0.6 is 22.7 Å². The second-order valence-electron chi connectivity index (χ2n) is 5.57. The molecule has 0 saturated heterocycles. The lowest BCUT2D eigenvalue weighted by molar-refractivity contribution is 0.483. The van der Waals surface area contributed by atoms with E-state index in [2.05, 4.69) is 11.1 Å². The van der Waals surface area contributed by atoms with Crippen LogP contribution in [0.15, 0.2) is 29.3 Å². The van der Waals surface area contributed by atoms with Gasteiger partial charge in [-0.05, 0) is 43.4 Å². The van der Waals surface area contributed by atoms with Crippen LogP contribution in [-0.4, -0.2) is 11.3 Å². The smallest absolute Gasteiger partial charge is 0.142 e. The average Bonchev–Trinajstić information content (AvgIpc) is 3.10. The Labute approximate surface area is 142 Å². The summed E-state index contributed by atoms with van der Waals surface area (Å²) in [6, 6.07) is 10.1. The van der Waals surface area contributed by atoms with Crippen molar-refractivity contribution in [2.24, 2.45) is 4.99 Å². The lowest BCUT2D eigenvalue weighted by Crippen LogP contribution is -1.99. The molecule has 4 rings (SSSR count). The normalized spacial score (nSPS) is 14.2. The Morgan fingerprint density at radius 1 is 1.17 bits per heavy atom. The predicted octanol–water partition coefficient (Wildman–Crippen LogP) is 5.17. The van der Waals surface area contributed by atoms with E-state index < -0.39 is 0 Å². The average molecular weight is 338 g/mol. The highest BCUT2D eigenvalue weighted by Crippen LogP contribution is 2.40. The quantitative estimate of drug-likeness (QED) is 0.655. The Hall–Kier alpha value is -2.16. The van der Waals surface area contributed by atoms with E-state index in [1.807, 2.05) is 24.3 Å². The van der Waals surface area contributed by atoms with Gasteiger partial charge in [-0.3, -0.25) is 0 Å². The van der Waals surface area contributed by atoms with Crippen molar-refractivity contribution in [3.63, 3.8) is 0 Å². The number of hydrogen-bond donors (Lipinski definition) is 1. The molecule has 0 radical (unpaired) electrons. The van der Waals surface area contributed by atoms with Crippen molar-refractivity contribution >= 4 is 44.0 Å². The van der Waals surface area contributed by atoms with E-state index in [0.717, 1.165) is 44.8 Å². The number of fused-ring (bicyclic) bond motifs is 2. The lowest BCUT2D eigenvalue weighted by Gasteiger charge is -2.09. The maximum atomic E-state index is 10.3. The van der Waals surface area contributed by atoms with Crippen molar-refractivity contribution in [1.29, 1.82) is 5.26 Å². The lowest BCUT2D eigenvalue weighted by atomic mass is 9.96. The molecule has 1 N–H and O–H groups in total. The van der Waals surface area contributed by atoms with E-state index >= 15 is 0 Å². The Balaban J connectivity index is 1.75. The van der Waals surface area contributed by atoms with E-state index in [0.29, 0.717) is 0 Å². The maximum Gasteiger partial charge on any atom is 0.142 e. The molecule has 0 atom stereocenters. The second-order valence-corrected chi connectivity index (χ2v) is 7.74. The summed E-state index contributed by atoms with van der Waals surface area (Å²) in [5.74, 6) is 0.272. The molecule has 0 spiro atoms. The van der Waals surface area contributed by atoms with Gasteiger partial charge in [-0.15, -0.1) is 22.7 Å². The molecule has 0 aliphatic heterocycles. The van der Waals surface area contributed by atoms with E-state index in [4.69, 9.17) is 0 Å². The minimum atomic E-state index is 0.272. The molecule has 2 heterocycles. The van der Waals surface area contributed by atoms with Gasteiger partial charge in [0.05, 0.1) is 10.4 Å². The molecule has 3 aromatic rings. The van der Waals surface area contributed by atoms with Gasteiger partial charge in [-0.1, -0.05) is 12.1 Å². The molecule has 5 heteroatoms. The second kappa shape index (κ2) is 5.80. The van der Waals surface area contributed by atoms with Crippen molar-refractivity contribution in [3.05, 3.63) is 45.1 Å². The summed E-state index contributed by atoms with van der Waals surface area (Å²) >= 11 is 3.13.